The van der Waals surface area contributed by atoms with Gasteiger partial charge in [-0.1, -0.05) is 19.1 Å². The molecule has 218 valence electrons. The number of alkyl halides is 3. The first-order chi connectivity index (χ1) is 19.2. The molecule has 0 atom stereocenters. The maximum atomic E-state index is 13.1. The van der Waals surface area contributed by atoms with Crippen molar-refractivity contribution in [1.29, 1.82) is 0 Å². The van der Waals surface area contributed by atoms with Crippen LogP contribution in [0.25, 0.3) is 22.3 Å². The highest BCUT2D eigenvalue weighted by Crippen LogP contribution is 2.32. The lowest BCUT2D eigenvalue weighted by atomic mass is 10.1. The van der Waals surface area contributed by atoms with E-state index in [9.17, 15) is 30.0 Å². The van der Waals surface area contributed by atoms with E-state index in [1.54, 1.807) is 12.1 Å². The van der Waals surface area contributed by atoms with E-state index < -0.39 is 32.6 Å². The van der Waals surface area contributed by atoms with Gasteiger partial charge < -0.3 is 15.4 Å². The lowest BCUT2D eigenvalue weighted by Crippen LogP contribution is -2.22. The Morgan fingerprint density at radius 2 is 1.63 bits per heavy atom. The van der Waals surface area contributed by atoms with Crippen molar-refractivity contribution in [3.63, 3.8) is 0 Å². The summed E-state index contributed by atoms with van der Waals surface area (Å²) in [6, 6.07) is 13.2. The molecule has 2 aromatic heterocycles. The van der Waals surface area contributed by atoms with Gasteiger partial charge in [0.15, 0.2) is 15.7 Å². The van der Waals surface area contributed by atoms with E-state index in [-0.39, 0.29) is 56.3 Å². The minimum atomic E-state index is -4.55. The van der Waals surface area contributed by atoms with Crippen molar-refractivity contribution in [3.8, 4) is 17.0 Å². The highest BCUT2D eigenvalue weighted by Gasteiger charge is 2.28. The Morgan fingerprint density at radius 1 is 0.927 bits per heavy atom. The minimum absolute atomic E-state index is 0.00646. The van der Waals surface area contributed by atoms with Crippen LogP contribution < -0.4 is 20.5 Å². The van der Waals surface area contributed by atoms with Gasteiger partial charge in [0.25, 0.3) is 0 Å². The molecule has 2 aromatic carbocycles. The highest BCUT2D eigenvalue weighted by atomic mass is 32.2. The Labute approximate surface area is 234 Å². The Bertz CT molecular complexity index is 1800. The summed E-state index contributed by atoms with van der Waals surface area (Å²) in [5.74, 6) is -0.213. The van der Waals surface area contributed by atoms with Gasteiger partial charge >= 0.3 is 6.18 Å². The van der Waals surface area contributed by atoms with Crippen molar-refractivity contribution in [2.24, 2.45) is 5.14 Å². The van der Waals surface area contributed by atoms with Crippen LogP contribution in [-0.4, -0.2) is 57.4 Å². The fourth-order valence-corrected chi connectivity index (χ4v) is 5.36. The number of methoxy groups -OCH3 is 1. The predicted molar refractivity (Wildman–Crippen MR) is 147 cm³/mol. The Kier molecular flexibility index (Phi) is 8.37. The molecule has 0 bridgehead atoms. The summed E-state index contributed by atoms with van der Waals surface area (Å²) in [5.41, 5.74) is 1.56. The Morgan fingerprint density at radius 3 is 2.24 bits per heavy atom. The molecule has 0 aliphatic carbocycles. The van der Waals surface area contributed by atoms with E-state index in [0.717, 1.165) is 0 Å². The molecule has 41 heavy (non-hydrogen) atoms. The quantitative estimate of drug-likeness (QED) is 0.241. The summed E-state index contributed by atoms with van der Waals surface area (Å²) in [4.78, 5) is 12.9. The first-order valence-corrected chi connectivity index (χ1v) is 15.2. The molecule has 0 amide bonds. The molecule has 0 unspecified atom stereocenters. The number of sulfonamides is 1. The molecule has 0 fully saturated rings. The zero-order chi connectivity index (χ0) is 30.0. The number of nitrogens with one attached hydrogen (secondary N) is 2. The van der Waals surface area contributed by atoms with Crippen molar-refractivity contribution in [2.75, 3.05) is 30.0 Å². The van der Waals surface area contributed by atoms with E-state index in [4.69, 9.17) is 9.88 Å². The highest BCUT2D eigenvalue weighted by molar-refractivity contribution is 7.91. The molecule has 0 aliphatic rings. The Balaban J connectivity index is 1.72. The van der Waals surface area contributed by atoms with Crippen LogP contribution in [-0.2, 0) is 26.4 Å². The maximum absolute atomic E-state index is 13.1. The van der Waals surface area contributed by atoms with E-state index in [2.05, 4.69) is 25.6 Å². The Hall–Kier alpha value is -4.02. The number of halogens is 3. The third-order valence-corrected chi connectivity index (χ3v) is 8.55. The lowest BCUT2D eigenvalue weighted by molar-refractivity contribution is -0.115. The molecule has 0 aliphatic heterocycles. The summed E-state index contributed by atoms with van der Waals surface area (Å²) < 4.78 is 92.5. The maximum Gasteiger partial charge on any atom is 0.405 e. The van der Waals surface area contributed by atoms with E-state index >= 15 is 0 Å². The minimum Gasteiger partial charge on any atom is -0.495 e. The topological polar surface area (TPSA) is 166 Å². The van der Waals surface area contributed by atoms with Crippen molar-refractivity contribution in [1.82, 2.24) is 15.0 Å². The largest absolute Gasteiger partial charge is 0.495 e. The summed E-state index contributed by atoms with van der Waals surface area (Å²) in [7, 11) is -6.17. The number of rotatable bonds is 10. The number of aromatic nitrogens is 3. The summed E-state index contributed by atoms with van der Waals surface area (Å²) in [5, 5.41) is 10.3. The van der Waals surface area contributed by atoms with Gasteiger partial charge in [-0.05, 0) is 48.0 Å². The number of fused-ring (bicyclic) bond motifs is 1. The number of nitrogens with zero attached hydrogens (tertiary/aromatic N) is 3. The summed E-state index contributed by atoms with van der Waals surface area (Å²) in [6.45, 7) is 0.235. The average Bonchev–Trinajstić information content (AvgIpc) is 2.93. The fraction of sp³-hybridized carbons (Fsp3) is 0.240. The van der Waals surface area contributed by atoms with Crippen molar-refractivity contribution in [3.05, 3.63) is 60.2 Å². The fourth-order valence-electron chi connectivity index (χ4n) is 3.77. The van der Waals surface area contributed by atoms with Crippen molar-refractivity contribution in [2.45, 2.75) is 29.4 Å². The molecule has 0 saturated heterocycles. The molecule has 0 saturated carbocycles. The van der Waals surface area contributed by atoms with Crippen LogP contribution >= 0.6 is 0 Å². The molecule has 11 nitrogen and oxygen atoms in total. The standard InChI is InChI=1S/C25H25F3N6O5S2/c1-3-40(35,36)21-12-16(6-11-20(21)39-2)18-9-10-19-22(32-18)23(31-14-25(26,27)28)34-24(33-19)30-13-15-4-7-17(8-5-15)41(29,37)38/h4-12H,3,13-14H2,1-2H3,(H2,29,37,38)(H2,30,31,33,34). The van der Waals surface area contributed by atoms with Gasteiger partial charge in [-0.15, -0.1) is 0 Å². The molecular weight excluding hydrogens is 585 g/mol. The number of nitrogens with two attached hydrogens (primary N) is 1. The first kappa shape index (κ1) is 30.0. The molecule has 4 N–H and O–H groups in total. The molecular formula is C25H25F3N6O5S2. The molecule has 0 radical (unpaired) electrons. The number of hydrogen-bond acceptors (Lipinski definition) is 10. The smallest absolute Gasteiger partial charge is 0.405 e. The van der Waals surface area contributed by atoms with E-state index in [1.807, 2.05) is 0 Å². The number of benzene rings is 2. The van der Waals surface area contributed by atoms with Crippen LogP contribution in [0.15, 0.2) is 64.4 Å². The first-order valence-electron chi connectivity index (χ1n) is 12.0. The van der Waals surface area contributed by atoms with E-state index in [0.29, 0.717) is 11.1 Å². The van der Waals surface area contributed by atoms with Gasteiger partial charge in [0.1, 0.15) is 22.7 Å². The number of anilines is 2. The number of pyridine rings is 1. The van der Waals surface area contributed by atoms with Gasteiger partial charge in [-0.3, -0.25) is 0 Å². The van der Waals surface area contributed by atoms with Gasteiger partial charge in [-0.25, -0.2) is 31.9 Å². The normalized spacial score (nSPS) is 12.3. The second kappa shape index (κ2) is 11.5. The molecule has 2 heterocycles. The lowest BCUT2D eigenvalue weighted by Gasteiger charge is -2.14. The third kappa shape index (κ3) is 7.20. The van der Waals surface area contributed by atoms with Crippen molar-refractivity contribution >= 4 is 42.7 Å². The van der Waals surface area contributed by atoms with Crippen LogP contribution in [0.3, 0.4) is 0 Å². The van der Waals surface area contributed by atoms with Crippen LogP contribution in [0.2, 0.25) is 0 Å². The summed E-state index contributed by atoms with van der Waals surface area (Å²) in [6.07, 6.45) is -4.55. The van der Waals surface area contributed by atoms with Gasteiger partial charge in [-0.2, -0.15) is 18.2 Å². The zero-order valence-corrected chi connectivity index (χ0v) is 23.4. The number of sulfone groups is 1. The van der Waals surface area contributed by atoms with Crippen LogP contribution in [0.1, 0.15) is 12.5 Å². The van der Waals surface area contributed by atoms with E-state index in [1.165, 1.54) is 56.5 Å². The van der Waals surface area contributed by atoms with Crippen LogP contribution in [0.4, 0.5) is 24.9 Å². The number of hydrogen-bond donors (Lipinski definition) is 3. The average molecular weight is 611 g/mol. The van der Waals surface area contributed by atoms with Gasteiger partial charge in [0.05, 0.1) is 29.0 Å². The van der Waals surface area contributed by atoms with Gasteiger partial charge in [0.2, 0.25) is 16.0 Å². The molecule has 4 aromatic rings. The molecule has 16 heteroatoms. The monoisotopic (exact) mass is 610 g/mol. The molecule has 0 spiro atoms. The number of primary sulfonamides is 1. The second-order valence-electron chi connectivity index (χ2n) is 8.74. The van der Waals surface area contributed by atoms with Crippen LogP contribution in [0, 0.1) is 0 Å². The van der Waals surface area contributed by atoms with Crippen LogP contribution in [0.5, 0.6) is 5.75 Å². The van der Waals surface area contributed by atoms with Gasteiger partial charge in [0, 0.05) is 12.1 Å². The zero-order valence-electron chi connectivity index (χ0n) is 21.7. The predicted octanol–water partition coefficient (Wildman–Crippen LogP) is 3.73. The summed E-state index contributed by atoms with van der Waals surface area (Å²) >= 11 is 0. The van der Waals surface area contributed by atoms with Crippen molar-refractivity contribution < 1.29 is 34.7 Å². The number of ether oxygens (including phenoxy) is 1. The second-order valence-corrected chi connectivity index (χ2v) is 12.5. The molecule has 4 rings (SSSR count). The SMILES string of the molecule is CCS(=O)(=O)c1cc(-c2ccc3nc(NCc4ccc(S(N)(=O)=O)cc4)nc(NCC(F)(F)F)c3n2)ccc1OC. The third-order valence-electron chi connectivity index (χ3n) is 5.88.